The van der Waals surface area contributed by atoms with Crippen LogP contribution in [0.2, 0.25) is 0 Å². The van der Waals surface area contributed by atoms with Gasteiger partial charge in [0.1, 0.15) is 0 Å². The van der Waals surface area contributed by atoms with Crippen LogP contribution in [0.5, 0.6) is 0 Å². The molecule has 6 N–H and O–H groups in total. The molecule has 0 fully saturated rings. The molecule has 0 aliphatic carbocycles. The summed E-state index contributed by atoms with van der Waals surface area (Å²) in [4.78, 5) is 0. The first-order valence-electron chi connectivity index (χ1n) is 6.99. The van der Waals surface area contributed by atoms with Gasteiger partial charge >= 0.3 is 0 Å². The second-order valence-corrected chi connectivity index (χ2v) is 5.05. The third-order valence-electron chi connectivity index (χ3n) is 3.67. The van der Waals surface area contributed by atoms with E-state index in [9.17, 15) is 0 Å². The summed E-state index contributed by atoms with van der Waals surface area (Å²) in [6, 6.07) is 2.16. The Kier molecular flexibility index (Phi) is 6.02. The summed E-state index contributed by atoms with van der Waals surface area (Å²) in [5, 5.41) is 26.9. The van der Waals surface area contributed by atoms with Crippen molar-refractivity contribution in [3.05, 3.63) is 33.9 Å². The second kappa shape index (κ2) is 7.52. The second-order valence-electron chi connectivity index (χ2n) is 5.05. The molecule has 0 saturated heterocycles. The predicted octanol–water partition coefficient (Wildman–Crippen LogP) is 1.10. The highest BCUT2D eigenvalue weighted by Crippen LogP contribution is 2.22. The number of rotatable bonds is 4. The Morgan fingerprint density at radius 3 is 1.57 bits per heavy atom. The Morgan fingerprint density at radius 2 is 1.24 bits per heavy atom. The monoisotopic (exact) mass is 290 g/mol. The maximum absolute atomic E-state index is 7.61. The van der Waals surface area contributed by atoms with Gasteiger partial charge in [-0.1, -0.05) is 6.07 Å². The lowest BCUT2D eigenvalue weighted by molar-refractivity contribution is 0.819. The van der Waals surface area contributed by atoms with Crippen LogP contribution < -0.4 is 21.3 Å². The summed E-state index contributed by atoms with van der Waals surface area (Å²) in [5.74, 6) is 0.622. The molecule has 0 saturated carbocycles. The highest BCUT2D eigenvalue weighted by atomic mass is 15.1. The van der Waals surface area contributed by atoms with Crippen LogP contribution in [0.3, 0.4) is 0 Å². The summed E-state index contributed by atoms with van der Waals surface area (Å²) in [7, 11) is 3.45. The number of nitrogens with one attached hydrogen (secondary N) is 6. The standard InChI is InChI=1S/C15H26N6/c1-9-6-10(2)13(8-21-15(17)19-5)11(3)12(9)7-20-14(16)18-4/h6H,7-8H2,1-5H3,(H3,16,18,20)(H3,17,19,21). The summed E-state index contributed by atoms with van der Waals surface area (Å²) < 4.78 is 0. The molecule has 0 radical (unpaired) electrons. The van der Waals surface area contributed by atoms with E-state index in [1.807, 2.05) is 0 Å². The first-order valence-corrected chi connectivity index (χ1v) is 6.99. The average Bonchev–Trinajstić information content (AvgIpc) is 2.45. The smallest absolute Gasteiger partial charge is 0.188 e. The van der Waals surface area contributed by atoms with E-state index >= 15 is 0 Å². The Hall–Kier alpha value is -2.24. The van der Waals surface area contributed by atoms with E-state index in [1.165, 1.54) is 27.8 Å². The number of benzene rings is 1. The van der Waals surface area contributed by atoms with Gasteiger partial charge in [-0.05, 0) is 48.6 Å². The largest absolute Gasteiger partial charge is 0.360 e. The van der Waals surface area contributed by atoms with Crippen LogP contribution in [0.15, 0.2) is 6.07 Å². The molecule has 0 bridgehead atoms. The first kappa shape index (κ1) is 16.8. The van der Waals surface area contributed by atoms with Crippen LogP contribution in [-0.4, -0.2) is 26.0 Å². The van der Waals surface area contributed by atoms with Crippen LogP contribution in [0.1, 0.15) is 27.8 Å². The SMILES string of the molecule is CNC(=N)NCc1c(C)cc(C)c(CNC(=N)NC)c1C. The maximum Gasteiger partial charge on any atom is 0.188 e. The first-order chi connectivity index (χ1) is 9.90. The summed E-state index contributed by atoms with van der Waals surface area (Å²) in [6.07, 6.45) is 0. The molecule has 0 heterocycles. The lowest BCUT2D eigenvalue weighted by Gasteiger charge is -2.19. The highest BCUT2D eigenvalue weighted by molar-refractivity contribution is 5.76. The number of hydrogen-bond acceptors (Lipinski definition) is 2. The number of guanidine groups is 2. The molecule has 116 valence electrons. The Labute approximate surface area is 126 Å². The minimum atomic E-state index is 0.311. The van der Waals surface area contributed by atoms with Crippen molar-refractivity contribution >= 4 is 11.9 Å². The van der Waals surface area contributed by atoms with Crippen molar-refractivity contribution < 1.29 is 0 Å². The number of aryl methyl sites for hydroxylation is 2. The van der Waals surface area contributed by atoms with E-state index in [1.54, 1.807) is 14.1 Å². The van der Waals surface area contributed by atoms with Crippen molar-refractivity contribution in [2.75, 3.05) is 14.1 Å². The van der Waals surface area contributed by atoms with Crippen LogP contribution in [-0.2, 0) is 13.1 Å². The average molecular weight is 290 g/mol. The lowest BCUT2D eigenvalue weighted by Crippen LogP contribution is -2.34. The maximum atomic E-state index is 7.61. The van der Waals surface area contributed by atoms with Crippen LogP contribution in [0.4, 0.5) is 0 Å². The third kappa shape index (κ3) is 4.37. The minimum Gasteiger partial charge on any atom is -0.360 e. The van der Waals surface area contributed by atoms with Crippen LogP contribution in [0.25, 0.3) is 0 Å². The molecule has 1 rings (SSSR count). The fourth-order valence-corrected chi connectivity index (χ4v) is 2.35. The third-order valence-corrected chi connectivity index (χ3v) is 3.67. The molecule has 1 aromatic carbocycles. The summed E-state index contributed by atoms with van der Waals surface area (Å²) >= 11 is 0. The molecule has 0 atom stereocenters. The van der Waals surface area contributed by atoms with Gasteiger partial charge < -0.3 is 21.3 Å². The molecule has 0 unspecified atom stereocenters. The molecular formula is C15H26N6. The molecule has 21 heavy (non-hydrogen) atoms. The molecule has 6 nitrogen and oxygen atoms in total. The predicted molar refractivity (Wildman–Crippen MR) is 87.9 cm³/mol. The van der Waals surface area contributed by atoms with Gasteiger partial charge in [-0.25, -0.2) is 0 Å². The number of hydrogen-bond donors (Lipinski definition) is 6. The molecule has 0 spiro atoms. The van der Waals surface area contributed by atoms with Crippen molar-refractivity contribution in [1.82, 2.24) is 21.3 Å². The zero-order valence-electron chi connectivity index (χ0n) is 13.5. The molecule has 1 aromatic rings. The Morgan fingerprint density at radius 1 is 0.857 bits per heavy atom. The minimum absolute atomic E-state index is 0.311. The van der Waals surface area contributed by atoms with Crippen LogP contribution >= 0.6 is 0 Å². The zero-order valence-corrected chi connectivity index (χ0v) is 13.5. The van der Waals surface area contributed by atoms with Gasteiger partial charge in [-0.2, -0.15) is 0 Å². The quantitative estimate of drug-likeness (QED) is 0.370. The van der Waals surface area contributed by atoms with E-state index in [4.69, 9.17) is 10.8 Å². The van der Waals surface area contributed by atoms with Gasteiger partial charge in [0.2, 0.25) is 0 Å². The van der Waals surface area contributed by atoms with Gasteiger partial charge in [0.05, 0.1) is 0 Å². The van der Waals surface area contributed by atoms with E-state index < -0.39 is 0 Å². The topological polar surface area (TPSA) is 95.8 Å². The van der Waals surface area contributed by atoms with E-state index in [0.717, 1.165) is 0 Å². The molecule has 0 amide bonds. The zero-order chi connectivity index (χ0) is 16.0. The van der Waals surface area contributed by atoms with E-state index in [0.29, 0.717) is 25.0 Å². The van der Waals surface area contributed by atoms with Crippen molar-refractivity contribution in [2.24, 2.45) is 0 Å². The van der Waals surface area contributed by atoms with Crippen molar-refractivity contribution in [3.8, 4) is 0 Å². The van der Waals surface area contributed by atoms with Gasteiger partial charge in [-0.3, -0.25) is 10.8 Å². The Bertz CT molecular complexity index is 491. The van der Waals surface area contributed by atoms with Crippen molar-refractivity contribution in [3.63, 3.8) is 0 Å². The molecule has 0 aliphatic rings. The normalized spacial score (nSPS) is 9.95. The van der Waals surface area contributed by atoms with Gasteiger partial charge in [0, 0.05) is 27.2 Å². The van der Waals surface area contributed by atoms with Gasteiger partial charge in [-0.15, -0.1) is 0 Å². The van der Waals surface area contributed by atoms with Crippen molar-refractivity contribution in [1.29, 1.82) is 10.8 Å². The van der Waals surface area contributed by atoms with Crippen molar-refractivity contribution in [2.45, 2.75) is 33.9 Å². The molecule has 0 aliphatic heterocycles. The van der Waals surface area contributed by atoms with Crippen LogP contribution in [0, 0.1) is 31.6 Å². The van der Waals surface area contributed by atoms with Gasteiger partial charge in [0.15, 0.2) is 11.9 Å². The van der Waals surface area contributed by atoms with E-state index in [-0.39, 0.29) is 0 Å². The summed E-state index contributed by atoms with van der Waals surface area (Å²) in [6.45, 7) is 7.52. The molecular weight excluding hydrogens is 264 g/mol. The lowest BCUT2D eigenvalue weighted by atomic mass is 9.93. The fraction of sp³-hybridized carbons (Fsp3) is 0.467. The fourth-order valence-electron chi connectivity index (χ4n) is 2.35. The molecule has 6 heteroatoms. The van der Waals surface area contributed by atoms with Gasteiger partial charge in [0.25, 0.3) is 0 Å². The van der Waals surface area contributed by atoms with E-state index in [2.05, 4.69) is 48.1 Å². The Balaban J connectivity index is 2.98. The summed E-state index contributed by atoms with van der Waals surface area (Å²) in [5.41, 5.74) is 6.05. The molecule has 0 aromatic heterocycles. The highest BCUT2D eigenvalue weighted by Gasteiger charge is 2.11.